The first-order valence-corrected chi connectivity index (χ1v) is 3.92. The molecule has 0 atom stereocenters. The van der Waals surface area contributed by atoms with E-state index in [1.807, 2.05) is 0 Å². The van der Waals surface area contributed by atoms with Crippen LogP contribution < -0.4 is 16.0 Å². The molecule has 1 heterocycles. The van der Waals surface area contributed by atoms with Crippen LogP contribution >= 0.6 is 24.4 Å². The van der Waals surface area contributed by atoms with Gasteiger partial charge in [-0.05, 0) is 30.9 Å². The fourth-order valence-corrected chi connectivity index (χ4v) is 1.29. The third-order valence-corrected chi connectivity index (χ3v) is 1.69. The Bertz CT molecular complexity index is 152. The number of rotatable bonds is 1. The van der Waals surface area contributed by atoms with Gasteiger partial charge < -0.3 is 16.0 Å². The van der Waals surface area contributed by atoms with Crippen LogP contribution in [0.2, 0.25) is 0 Å². The SMILES string of the molecule is CCC1NC(=S)NC(=S)N1. The van der Waals surface area contributed by atoms with Gasteiger partial charge in [0.25, 0.3) is 0 Å². The van der Waals surface area contributed by atoms with Crippen molar-refractivity contribution in [2.75, 3.05) is 0 Å². The topological polar surface area (TPSA) is 36.1 Å². The van der Waals surface area contributed by atoms with Crippen molar-refractivity contribution in [2.45, 2.75) is 19.5 Å². The first kappa shape index (κ1) is 7.68. The summed E-state index contributed by atoms with van der Waals surface area (Å²) in [7, 11) is 0. The Morgan fingerprint density at radius 2 is 1.80 bits per heavy atom. The van der Waals surface area contributed by atoms with E-state index in [9.17, 15) is 0 Å². The van der Waals surface area contributed by atoms with E-state index in [0.29, 0.717) is 10.2 Å². The standard InChI is InChI=1S/C5H9N3S2/c1-2-3-6-4(9)8-5(10)7-3/h3H,2H2,1H3,(H3,6,7,8,9,10). The van der Waals surface area contributed by atoms with E-state index in [-0.39, 0.29) is 6.17 Å². The lowest BCUT2D eigenvalue weighted by molar-refractivity contribution is 0.536. The van der Waals surface area contributed by atoms with E-state index >= 15 is 0 Å². The number of nitrogens with one attached hydrogen (secondary N) is 3. The molecule has 0 aromatic heterocycles. The Labute approximate surface area is 70.6 Å². The summed E-state index contributed by atoms with van der Waals surface area (Å²) < 4.78 is 0. The van der Waals surface area contributed by atoms with Gasteiger partial charge in [0.15, 0.2) is 10.2 Å². The zero-order valence-corrected chi connectivity index (χ0v) is 7.23. The van der Waals surface area contributed by atoms with E-state index in [2.05, 4.69) is 22.9 Å². The molecule has 0 aromatic rings. The van der Waals surface area contributed by atoms with Crippen molar-refractivity contribution in [1.82, 2.24) is 16.0 Å². The fourth-order valence-electron chi connectivity index (χ4n) is 0.732. The first-order valence-electron chi connectivity index (χ1n) is 3.10. The van der Waals surface area contributed by atoms with E-state index in [4.69, 9.17) is 24.4 Å². The Morgan fingerprint density at radius 3 is 2.20 bits per heavy atom. The highest BCUT2D eigenvalue weighted by Gasteiger charge is 2.14. The van der Waals surface area contributed by atoms with Crippen LogP contribution in [0.4, 0.5) is 0 Å². The Hall–Kier alpha value is -0.420. The first-order chi connectivity index (χ1) is 4.72. The predicted octanol–water partition coefficient (Wildman–Crippen LogP) is 0.0747. The average Bonchev–Trinajstić information content (AvgIpc) is 1.85. The maximum absolute atomic E-state index is 4.88. The van der Waals surface area contributed by atoms with Crippen LogP contribution in [0.1, 0.15) is 13.3 Å². The quantitative estimate of drug-likeness (QED) is 0.492. The molecule has 10 heavy (non-hydrogen) atoms. The molecule has 3 nitrogen and oxygen atoms in total. The summed E-state index contributed by atoms with van der Waals surface area (Å²) in [6.45, 7) is 2.06. The maximum Gasteiger partial charge on any atom is 0.174 e. The highest BCUT2D eigenvalue weighted by atomic mass is 32.1. The molecule has 0 aromatic carbocycles. The molecule has 0 bridgehead atoms. The van der Waals surface area contributed by atoms with Crippen LogP contribution in [0, 0.1) is 0 Å². The van der Waals surface area contributed by atoms with E-state index in [0.717, 1.165) is 6.42 Å². The zero-order chi connectivity index (χ0) is 7.56. The van der Waals surface area contributed by atoms with E-state index in [1.54, 1.807) is 0 Å². The van der Waals surface area contributed by atoms with Gasteiger partial charge in [0, 0.05) is 0 Å². The second kappa shape index (κ2) is 3.12. The van der Waals surface area contributed by atoms with Crippen molar-refractivity contribution >= 4 is 34.7 Å². The minimum Gasteiger partial charge on any atom is -0.342 e. The Kier molecular flexibility index (Phi) is 2.39. The number of hydrogen-bond acceptors (Lipinski definition) is 2. The van der Waals surface area contributed by atoms with Gasteiger partial charge in [-0.25, -0.2) is 0 Å². The molecule has 1 rings (SSSR count). The summed E-state index contributed by atoms with van der Waals surface area (Å²) in [4.78, 5) is 0. The molecule has 0 unspecified atom stereocenters. The third kappa shape index (κ3) is 1.78. The molecule has 5 heteroatoms. The lowest BCUT2D eigenvalue weighted by Crippen LogP contribution is -2.61. The smallest absolute Gasteiger partial charge is 0.174 e. The average molecular weight is 175 g/mol. The summed E-state index contributed by atoms with van der Waals surface area (Å²) in [5.74, 6) is 0. The van der Waals surface area contributed by atoms with Gasteiger partial charge in [0.05, 0.1) is 6.17 Å². The van der Waals surface area contributed by atoms with Crippen LogP contribution in [-0.4, -0.2) is 16.4 Å². The molecule has 0 spiro atoms. The summed E-state index contributed by atoms with van der Waals surface area (Å²) in [5.41, 5.74) is 0. The molecule has 56 valence electrons. The van der Waals surface area contributed by atoms with Gasteiger partial charge in [-0.2, -0.15) is 0 Å². The lowest BCUT2D eigenvalue weighted by Gasteiger charge is -2.27. The van der Waals surface area contributed by atoms with Gasteiger partial charge >= 0.3 is 0 Å². The molecule has 1 aliphatic heterocycles. The fraction of sp³-hybridized carbons (Fsp3) is 0.600. The molecule has 3 N–H and O–H groups in total. The molecule has 0 radical (unpaired) electrons. The Balaban J connectivity index is 2.50. The van der Waals surface area contributed by atoms with E-state index in [1.165, 1.54) is 0 Å². The highest BCUT2D eigenvalue weighted by molar-refractivity contribution is 7.81. The monoisotopic (exact) mass is 175 g/mol. The zero-order valence-electron chi connectivity index (χ0n) is 5.60. The normalized spacial score (nSPS) is 19.3. The van der Waals surface area contributed by atoms with Gasteiger partial charge in [-0.15, -0.1) is 0 Å². The summed E-state index contributed by atoms with van der Waals surface area (Å²) in [5, 5.41) is 10.0. The minimum atomic E-state index is 0.196. The molecule has 0 amide bonds. The third-order valence-electron chi connectivity index (χ3n) is 1.25. The van der Waals surface area contributed by atoms with Gasteiger partial charge in [-0.1, -0.05) is 6.92 Å². The largest absolute Gasteiger partial charge is 0.342 e. The lowest BCUT2D eigenvalue weighted by atomic mass is 10.3. The van der Waals surface area contributed by atoms with Crippen molar-refractivity contribution in [3.05, 3.63) is 0 Å². The summed E-state index contributed by atoms with van der Waals surface area (Å²) in [6, 6.07) is 0. The minimum absolute atomic E-state index is 0.196. The molecule has 1 aliphatic rings. The van der Waals surface area contributed by atoms with Crippen molar-refractivity contribution in [1.29, 1.82) is 0 Å². The summed E-state index contributed by atoms with van der Waals surface area (Å²) in [6.07, 6.45) is 1.16. The molecule has 0 aliphatic carbocycles. The van der Waals surface area contributed by atoms with Crippen molar-refractivity contribution in [3.63, 3.8) is 0 Å². The molecule has 1 fully saturated rings. The number of thiocarbonyl (C=S) groups is 2. The Morgan fingerprint density at radius 1 is 1.30 bits per heavy atom. The van der Waals surface area contributed by atoms with Gasteiger partial charge in [0.1, 0.15) is 0 Å². The molecule has 0 saturated carbocycles. The van der Waals surface area contributed by atoms with Crippen LogP contribution in [0.25, 0.3) is 0 Å². The van der Waals surface area contributed by atoms with Crippen LogP contribution in [0.5, 0.6) is 0 Å². The maximum atomic E-state index is 4.88. The molecule has 1 saturated heterocycles. The van der Waals surface area contributed by atoms with Crippen LogP contribution in [-0.2, 0) is 0 Å². The molecular weight excluding hydrogens is 166 g/mol. The second-order valence-corrected chi connectivity index (χ2v) is 2.85. The van der Waals surface area contributed by atoms with Crippen molar-refractivity contribution in [3.8, 4) is 0 Å². The second-order valence-electron chi connectivity index (χ2n) is 2.03. The number of hydrogen-bond donors (Lipinski definition) is 3. The van der Waals surface area contributed by atoms with E-state index < -0.39 is 0 Å². The van der Waals surface area contributed by atoms with Gasteiger partial charge in [-0.3, -0.25) is 0 Å². The van der Waals surface area contributed by atoms with Crippen molar-refractivity contribution < 1.29 is 0 Å². The van der Waals surface area contributed by atoms with Gasteiger partial charge in [0.2, 0.25) is 0 Å². The van der Waals surface area contributed by atoms with Crippen LogP contribution in [0.3, 0.4) is 0 Å². The highest BCUT2D eigenvalue weighted by Crippen LogP contribution is 1.90. The summed E-state index contributed by atoms with van der Waals surface area (Å²) >= 11 is 9.75. The van der Waals surface area contributed by atoms with Crippen LogP contribution in [0.15, 0.2) is 0 Å². The molecular formula is C5H9N3S2. The predicted molar refractivity (Wildman–Crippen MR) is 48.7 cm³/mol. The van der Waals surface area contributed by atoms with Crippen molar-refractivity contribution in [2.24, 2.45) is 0 Å².